The number of ether oxygens (including phenoxy) is 2. The van der Waals surface area contributed by atoms with Crippen LogP contribution >= 0.6 is 0 Å². The predicted molar refractivity (Wildman–Crippen MR) is 80.7 cm³/mol. The molecule has 22 heavy (non-hydrogen) atoms. The molecule has 2 aromatic rings. The number of hydrogen-bond donors (Lipinski definition) is 0. The Morgan fingerprint density at radius 2 is 2.14 bits per heavy atom. The third kappa shape index (κ3) is 2.88. The first-order chi connectivity index (χ1) is 10.7. The van der Waals surface area contributed by atoms with Gasteiger partial charge in [-0.25, -0.2) is 4.39 Å². The monoisotopic (exact) mass is 300 g/mol. The van der Waals surface area contributed by atoms with Crippen LogP contribution in [0.25, 0.3) is 0 Å². The summed E-state index contributed by atoms with van der Waals surface area (Å²) in [6.07, 6.45) is 0.678. The molecular weight excluding hydrogens is 283 g/mol. The first-order valence-corrected chi connectivity index (χ1v) is 7.25. The average Bonchev–Trinajstić information content (AvgIpc) is 2.55. The van der Waals surface area contributed by atoms with Crippen molar-refractivity contribution in [1.29, 1.82) is 0 Å². The van der Waals surface area contributed by atoms with Crippen molar-refractivity contribution in [3.05, 3.63) is 65.0 Å². The fraction of sp³-hybridized carbons (Fsp3) is 0.278. The molecule has 0 fully saturated rings. The van der Waals surface area contributed by atoms with Gasteiger partial charge in [-0.05, 0) is 29.7 Å². The smallest absolute Gasteiger partial charge is 0.168 e. The quantitative estimate of drug-likeness (QED) is 0.807. The van der Waals surface area contributed by atoms with Gasteiger partial charge in [0.2, 0.25) is 0 Å². The maximum Gasteiger partial charge on any atom is 0.168 e. The van der Waals surface area contributed by atoms with Crippen LogP contribution < -0.4 is 4.74 Å². The molecule has 0 saturated heterocycles. The van der Waals surface area contributed by atoms with Crippen molar-refractivity contribution in [2.45, 2.75) is 18.9 Å². The molecule has 0 aromatic heterocycles. The second-order valence-electron chi connectivity index (χ2n) is 5.28. The van der Waals surface area contributed by atoms with Crippen molar-refractivity contribution in [3.63, 3.8) is 0 Å². The summed E-state index contributed by atoms with van der Waals surface area (Å²) >= 11 is 0. The Morgan fingerprint density at radius 1 is 1.32 bits per heavy atom. The number of benzene rings is 2. The van der Waals surface area contributed by atoms with Crippen molar-refractivity contribution in [2.75, 3.05) is 13.7 Å². The molecule has 0 spiro atoms. The lowest BCUT2D eigenvalue weighted by atomic mass is 9.93. The second-order valence-corrected chi connectivity index (χ2v) is 5.28. The summed E-state index contributed by atoms with van der Waals surface area (Å²) < 4.78 is 24.7. The molecule has 1 aliphatic heterocycles. The minimum atomic E-state index is -0.562. The maximum absolute atomic E-state index is 14.0. The average molecular weight is 300 g/mol. The molecule has 1 heterocycles. The Bertz CT molecular complexity index is 696. The van der Waals surface area contributed by atoms with Gasteiger partial charge in [-0.15, -0.1) is 0 Å². The largest absolute Gasteiger partial charge is 0.497 e. The molecule has 0 saturated carbocycles. The Hall–Kier alpha value is -2.20. The van der Waals surface area contributed by atoms with Crippen LogP contribution in [0.3, 0.4) is 0 Å². The van der Waals surface area contributed by atoms with Gasteiger partial charge in [0.15, 0.2) is 5.78 Å². The molecule has 2 aromatic carbocycles. The molecule has 114 valence electrons. The highest BCUT2D eigenvalue weighted by atomic mass is 19.1. The number of hydrogen-bond acceptors (Lipinski definition) is 3. The van der Waals surface area contributed by atoms with E-state index < -0.39 is 5.82 Å². The van der Waals surface area contributed by atoms with Crippen molar-refractivity contribution in [2.24, 2.45) is 0 Å². The molecule has 1 atom stereocenters. The van der Waals surface area contributed by atoms with Gasteiger partial charge < -0.3 is 9.47 Å². The van der Waals surface area contributed by atoms with Gasteiger partial charge in [-0.3, -0.25) is 4.79 Å². The van der Waals surface area contributed by atoms with Crippen LogP contribution in [-0.4, -0.2) is 19.5 Å². The normalized spacial score (nSPS) is 16.9. The molecule has 3 nitrogen and oxygen atoms in total. The van der Waals surface area contributed by atoms with Gasteiger partial charge in [0.05, 0.1) is 25.4 Å². The van der Waals surface area contributed by atoms with E-state index in [0.717, 1.165) is 12.0 Å². The molecular formula is C18H17FO3. The summed E-state index contributed by atoms with van der Waals surface area (Å²) in [6, 6.07) is 12.2. The van der Waals surface area contributed by atoms with Crippen molar-refractivity contribution in [1.82, 2.24) is 0 Å². The second kappa shape index (κ2) is 6.28. The summed E-state index contributed by atoms with van der Waals surface area (Å²) in [5.41, 5.74) is 2.30. The van der Waals surface area contributed by atoms with Crippen molar-refractivity contribution < 1.29 is 18.7 Å². The zero-order chi connectivity index (χ0) is 15.5. The van der Waals surface area contributed by atoms with E-state index in [4.69, 9.17) is 9.47 Å². The number of Topliss-reactive ketones (excluding diaryl/α,β-unsaturated/α-hetero) is 1. The number of carbonyl (C=O) groups excluding carboxylic acids is 1. The lowest BCUT2D eigenvalue weighted by Gasteiger charge is -2.25. The van der Waals surface area contributed by atoms with Gasteiger partial charge in [-0.1, -0.05) is 24.3 Å². The Balaban J connectivity index is 1.81. The number of rotatable bonds is 4. The van der Waals surface area contributed by atoms with Crippen LogP contribution in [0.5, 0.6) is 5.75 Å². The standard InChI is InChI=1S/C18H17FO3/c1-21-13-6-7-15(16(19)10-13)17(20)11-18-14-5-3-2-4-12(14)8-9-22-18/h2-7,10,18H,8-9,11H2,1H3. The third-order valence-corrected chi connectivity index (χ3v) is 3.94. The highest BCUT2D eigenvalue weighted by molar-refractivity contribution is 5.96. The summed E-state index contributed by atoms with van der Waals surface area (Å²) in [5.74, 6) is -0.427. The highest BCUT2D eigenvalue weighted by Gasteiger charge is 2.24. The van der Waals surface area contributed by atoms with Gasteiger partial charge >= 0.3 is 0 Å². The topological polar surface area (TPSA) is 35.5 Å². The van der Waals surface area contributed by atoms with Crippen LogP contribution in [-0.2, 0) is 11.2 Å². The molecule has 3 rings (SSSR count). The molecule has 4 heteroatoms. The third-order valence-electron chi connectivity index (χ3n) is 3.94. The van der Waals surface area contributed by atoms with Crippen molar-refractivity contribution in [3.8, 4) is 5.75 Å². The highest BCUT2D eigenvalue weighted by Crippen LogP contribution is 2.31. The van der Waals surface area contributed by atoms with E-state index in [1.54, 1.807) is 6.07 Å². The number of fused-ring (bicyclic) bond motifs is 1. The lowest BCUT2D eigenvalue weighted by Crippen LogP contribution is -2.19. The number of carbonyl (C=O) groups is 1. The number of methoxy groups -OCH3 is 1. The Labute approximate surface area is 128 Å². The molecule has 0 N–H and O–H groups in total. The zero-order valence-corrected chi connectivity index (χ0v) is 12.3. The molecule has 1 unspecified atom stereocenters. The Morgan fingerprint density at radius 3 is 2.91 bits per heavy atom. The molecule has 0 radical (unpaired) electrons. The van der Waals surface area contributed by atoms with Crippen molar-refractivity contribution >= 4 is 5.78 Å². The molecule has 0 amide bonds. The van der Waals surface area contributed by atoms with Crippen LogP contribution in [0, 0.1) is 5.82 Å². The number of halogens is 1. The summed E-state index contributed by atoms with van der Waals surface area (Å²) in [4.78, 5) is 12.4. The van der Waals surface area contributed by atoms with Gasteiger partial charge in [0.25, 0.3) is 0 Å². The maximum atomic E-state index is 14.0. The van der Waals surface area contributed by atoms with Crippen LogP contribution in [0.1, 0.15) is 34.0 Å². The van der Waals surface area contributed by atoms with Crippen LogP contribution in [0.2, 0.25) is 0 Å². The van der Waals surface area contributed by atoms with Gasteiger partial charge in [0, 0.05) is 12.5 Å². The fourth-order valence-electron chi connectivity index (χ4n) is 2.77. The van der Waals surface area contributed by atoms with E-state index >= 15 is 0 Å². The van der Waals surface area contributed by atoms with Crippen LogP contribution in [0.4, 0.5) is 4.39 Å². The minimum absolute atomic E-state index is 0.0763. The lowest BCUT2D eigenvalue weighted by molar-refractivity contribution is 0.0351. The number of ketones is 1. The first kappa shape index (κ1) is 14.7. The summed E-state index contributed by atoms with van der Waals surface area (Å²) in [5, 5.41) is 0. The summed E-state index contributed by atoms with van der Waals surface area (Å²) in [7, 11) is 1.46. The van der Waals surface area contributed by atoms with E-state index in [2.05, 4.69) is 0 Å². The summed E-state index contributed by atoms with van der Waals surface area (Å²) in [6.45, 7) is 0.583. The predicted octanol–water partition coefficient (Wildman–Crippen LogP) is 3.72. The van der Waals surface area contributed by atoms with E-state index in [0.29, 0.717) is 12.4 Å². The van der Waals surface area contributed by atoms with E-state index in [-0.39, 0.29) is 23.9 Å². The first-order valence-electron chi connectivity index (χ1n) is 7.25. The molecule has 0 aliphatic carbocycles. The zero-order valence-electron chi connectivity index (χ0n) is 12.3. The van der Waals surface area contributed by atoms with E-state index in [9.17, 15) is 9.18 Å². The minimum Gasteiger partial charge on any atom is -0.497 e. The van der Waals surface area contributed by atoms with E-state index in [1.807, 2.05) is 24.3 Å². The van der Waals surface area contributed by atoms with Gasteiger partial charge in [-0.2, -0.15) is 0 Å². The molecule has 0 bridgehead atoms. The Kier molecular flexibility index (Phi) is 4.20. The van der Waals surface area contributed by atoms with Gasteiger partial charge in [0.1, 0.15) is 11.6 Å². The fourth-order valence-corrected chi connectivity index (χ4v) is 2.77. The van der Waals surface area contributed by atoms with E-state index in [1.165, 1.54) is 24.8 Å². The molecule has 1 aliphatic rings. The van der Waals surface area contributed by atoms with Crippen LogP contribution in [0.15, 0.2) is 42.5 Å². The SMILES string of the molecule is COc1ccc(C(=O)CC2OCCc3ccccc32)c(F)c1.